The van der Waals surface area contributed by atoms with Gasteiger partial charge in [-0.15, -0.1) is 0 Å². The van der Waals surface area contributed by atoms with Gasteiger partial charge in [-0.3, -0.25) is 4.79 Å². The molecule has 0 fully saturated rings. The zero-order valence-corrected chi connectivity index (χ0v) is 37.6. The van der Waals surface area contributed by atoms with Crippen molar-refractivity contribution < 1.29 is 15.0 Å². The lowest BCUT2D eigenvalue weighted by molar-refractivity contribution is -0.123. The molecule has 0 bridgehead atoms. The van der Waals surface area contributed by atoms with Crippen molar-refractivity contribution in [1.82, 2.24) is 5.32 Å². The summed E-state index contributed by atoms with van der Waals surface area (Å²) in [6.07, 6.45) is 83.2. The minimum Gasteiger partial charge on any atom is -0.394 e. The molecule has 4 heteroatoms. The fraction of sp³-hybridized carbons (Fsp3) is 0.446. The molecule has 0 aromatic carbocycles. The van der Waals surface area contributed by atoms with Crippen LogP contribution in [0.25, 0.3) is 0 Å². The molecule has 2 atom stereocenters. The number of aliphatic hydroxyl groups is 2. The fourth-order valence-electron chi connectivity index (χ4n) is 5.49. The van der Waals surface area contributed by atoms with Crippen molar-refractivity contribution in [3.8, 4) is 0 Å². The van der Waals surface area contributed by atoms with E-state index >= 15 is 0 Å². The summed E-state index contributed by atoms with van der Waals surface area (Å²) in [4.78, 5) is 12.3. The molecule has 3 N–H and O–H groups in total. The van der Waals surface area contributed by atoms with Gasteiger partial charge in [-0.1, -0.05) is 189 Å². The Bertz CT molecular complexity index is 1440. The summed E-state index contributed by atoms with van der Waals surface area (Å²) in [6.45, 7) is 3.89. The van der Waals surface area contributed by atoms with Crippen LogP contribution in [0.15, 0.2) is 182 Å². The van der Waals surface area contributed by atoms with Gasteiger partial charge in [-0.25, -0.2) is 0 Å². The van der Waals surface area contributed by atoms with E-state index in [9.17, 15) is 15.0 Å². The first kappa shape index (κ1) is 55.5. The van der Waals surface area contributed by atoms with Crippen molar-refractivity contribution in [1.29, 1.82) is 0 Å². The summed E-state index contributed by atoms with van der Waals surface area (Å²) in [7, 11) is 0. The highest BCUT2D eigenvalue weighted by atomic mass is 16.3. The zero-order valence-electron chi connectivity index (χ0n) is 37.6. The average molecular weight is 818 g/mol. The highest BCUT2D eigenvalue weighted by Gasteiger charge is 2.17. The van der Waals surface area contributed by atoms with E-state index in [0.29, 0.717) is 6.42 Å². The van der Waals surface area contributed by atoms with Crippen LogP contribution in [0.5, 0.6) is 0 Å². The van der Waals surface area contributed by atoms with Crippen LogP contribution in [0.2, 0.25) is 0 Å². The Morgan fingerprint density at radius 2 is 0.750 bits per heavy atom. The lowest BCUT2D eigenvalue weighted by Gasteiger charge is -2.19. The summed E-state index contributed by atoms with van der Waals surface area (Å²) in [6, 6.07) is -0.680. The topological polar surface area (TPSA) is 69.6 Å². The SMILES string of the molecule is C/C=C/CC/C=C/CC/C=C/C(O)C(CO)NC(=O)CCCC/C=C\C/C=C\C/C=C\C/C=C\C/C=C\C/C=C\C/C=C\C/C=C\C/C=C\C/C=C\C/C=C\C/C=C\CC. The molecule has 0 heterocycles. The molecule has 0 saturated carbocycles. The molecule has 0 aliphatic heterocycles. The van der Waals surface area contributed by atoms with Gasteiger partial charge in [0.1, 0.15) is 0 Å². The standard InChI is InChI=1S/C56H83NO3/c1-3-5-7-9-11-13-14-15-16-17-18-19-20-21-22-23-24-25-26-27-28-29-30-31-32-33-34-35-36-37-38-39-40-41-42-44-46-48-50-52-56(60)57-54(53-58)55(59)51-49-47-45-43-12-10-8-6-4-2/h4-7,11-13,15-16,18-19,21-22,24-25,27-28,30-31,33-34,36-37,39-40,42-44,49,51,54-55,58-59H,3,8-10,14,17,20,23,26,29,32,35,38,41,45-48,50,52-53H2,1-2H3,(H,57,60)/b6-4+,7-5-,13-11-,16-15-,19-18-,22-21-,25-24-,28-27-,31-30-,34-33-,37-36-,40-39-,43-12+,44-42-,51-49+. The third-order valence-corrected chi connectivity index (χ3v) is 8.95. The Morgan fingerprint density at radius 1 is 0.433 bits per heavy atom. The Morgan fingerprint density at radius 3 is 1.10 bits per heavy atom. The lowest BCUT2D eigenvalue weighted by atomic mass is 10.1. The second kappa shape index (κ2) is 48.9. The van der Waals surface area contributed by atoms with E-state index in [1.807, 2.05) is 13.0 Å². The van der Waals surface area contributed by atoms with Crippen molar-refractivity contribution in [3.05, 3.63) is 182 Å². The predicted octanol–water partition coefficient (Wildman–Crippen LogP) is 15.0. The predicted molar refractivity (Wildman–Crippen MR) is 266 cm³/mol. The smallest absolute Gasteiger partial charge is 0.220 e. The van der Waals surface area contributed by atoms with Gasteiger partial charge < -0.3 is 15.5 Å². The number of hydrogen-bond acceptors (Lipinski definition) is 3. The first-order valence-corrected chi connectivity index (χ1v) is 23.0. The molecule has 4 nitrogen and oxygen atoms in total. The van der Waals surface area contributed by atoms with Crippen molar-refractivity contribution in [2.45, 2.75) is 154 Å². The fourth-order valence-corrected chi connectivity index (χ4v) is 5.49. The number of nitrogens with one attached hydrogen (secondary N) is 1. The maximum atomic E-state index is 12.3. The van der Waals surface area contributed by atoms with E-state index in [4.69, 9.17) is 0 Å². The molecule has 0 aliphatic rings. The molecular formula is C56H83NO3. The number of amides is 1. The molecule has 0 spiro atoms. The van der Waals surface area contributed by atoms with Crippen LogP contribution in [0.4, 0.5) is 0 Å². The minimum absolute atomic E-state index is 0.134. The Kier molecular flexibility index (Phi) is 45.2. The van der Waals surface area contributed by atoms with Crippen LogP contribution in [0, 0.1) is 0 Å². The van der Waals surface area contributed by atoms with E-state index in [1.54, 1.807) is 6.08 Å². The van der Waals surface area contributed by atoms with Gasteiger partial charge in [0.2, 0.25) is 5.91 Å². The van der Waals surface area contributed by atoms with Gasteiger partial charge in [0.05, 0.1) is 18.8 Å². The molecular weight excluding hydrogens is 735 g/mol. The highest BCUT2D eigenvalue weighted by Crippen LogP contribution is 2.06. The Hall–Kier alpha value is -4.51. The van der Waals surface area contributed by atoms with E-state index in [1.165, 1.54) is 0 Å². The van der Waals surface area contributed by atoms with Gasteiger partial charge in [0.25, 0.3) is 0 Å². The summed E-state index contributed by atoms with van der Waals surface area (Å²) in [5.41, 5.74) is 0. The molecule has 60 heavy (non-hydrogen) atoms. The quantitative estimate of drug-likeness (QED) is 0.0429. The number of carbonyl (C=O) groups excluding carboxylic acids is 1. The van der Waals surface area contributed by atoms with Crippen molar-refractivity contribution >= 4 is 5.91 Å². The lowest BCUT2D eigenvalue weighted by Crippen LogP contribution is -2.45. The second-order valence-corrected chi connectivity index (χ2v) is 14.4. The van der Waals surface area contributed by atoms with Gasteiger partial charge in [0.15, 0.2) is 0 Å². The molecule has 0 radical (unpaired) electrons. The van der Waals surface area contributed by atoms with Crippen LogP contribution in [-0.4, -0.2) is 34.9 Å². The molecule has 0 saturated heterocycles. The molecule has 0 aromatic rings. The highest BCUT2D eigenvalue weighted by molar-refractivity contribution is 5.76. The van der Waals surface area contributed by atoms with Crippen LogP contribution >= 0.6 is 0 Å². The van der Waals surface area contributed by atoms with Crippen molar-refractivity contribution in [2.75, 3.05) is 6.61 Å². The number of allylic oxidation sites excluding steroid dienone is 29. The third kappa shape index (κ3) is 44.6. The summed E-state index contributed by atoms with van der Waals surface area (Å²) < 4.78 is 0. The first-order chi connectivity index (χ1) is 29.7. The third-order valence-electron chi connectivity index (χ3n) is 8.95. The van der Waals surface area contributed by atoms with Crippen LogP contribution in [-0.2, 0) is 4.79 Å². The van der Waals surface area contributed by atoms with Crippen LogP contribution in [0.1, 0.15) is 142 Å². The van der Waals surface area contributed by atoms with Crippen molar-refractivity contribution in [3.63, 3.8) is 0 Å². The summed E-state index contributed by atoms with van der Waals surface area (Å²) >= 11 is 0. The largest absolute Gasteiger partial charge is 0.394 e. The molecule has 1 amide bonds. The van der Waals surface area contributed by atoms with Crippen molar-refractivity contribution in [2.24, 2.45) is 0 Å². The summed E-state index contributed by atoms with van der Waals surface area (Å²) in [5.74, 6) is -0.134. The molecule has 0 aromatic heterocycles. The average Bonchev–Trinajstić information content (AvgIpc) is 3.25. The van der Waals surface area contributed by atoms with Gasteiger partial charge >= 0.3 is 0 Å². The van der Waals surface area contributed by atoms with E-state index in [2.05, 4.69) is 182 Å². The molecule has 0 rings (SSSR count). The monoisotopic (exact) mass is 818 g/mol. The number of unbranched alkanes of at least 4 members (excludes halogenated alkanes) is 4. The maximum absolute atomic E-state index is 12.3. The minimum atomic E-state index is -0.899. The van der Waals surface area contributed by atoms with E-state index in [-0.39, 0.29) is 12.5 Å². The molecule has 0 aliphatic carbocycles. The second-order valence-electron chi connectivity index (χ2n) is 14.4. The zero-order chi connectivity index (χ0) is 43.5. The summed E-state index contributed by atoms with van der Waals surface area (Å²) in [5, 5.41) is 22.8. The van der Waals surface area contributed by atoms with Crippen LogP contribution < -0.4 is 5.32 Å². The molecule has 2 unspecified atom stereocenters. The normalized spacial score (nSPS) is 14.7. The number of hydrogen-bond donors (Lipinski definition) is 3. The maximum Gasteiger partial charge on any atom is 0.220 e. The van der Waals surface area contributed by atoms with Gasteiger partial charge in [0, 0.05) is 6.42 Å². The Labute approximate surface area is 368 Å². The Balaban J connectivity index is 3.79. The van der Waals surface area contributed by atoms with Gasteiger partial charge in [-0.2, -0.15) is 0 Å². The number of rotatable bonds is 38. The number of aliphatic hydroxyl groups excluding tert-OH is 2. The molecule has 330 valence electrons. The van der Waals surface area contributed by atoms with E-state index < -0.39 is 12.1 Å². The number of carbonyl (C=O) groups is 1. The first-order valence-electron chi connectivity index (χ1n) is 23.0. The van der Waals surface area contributed by atoms with E-state index in [0.717, 1.165) is 122 Å². The van der Waals surface area contributed by atoms with Gasteiger partial charge in [-0.05, 0) is 129 Å². The van der Waals surface area contributed by atoms with Crippen LogP contribution in [0.3, 0.4) is 0 Å².